The maximum absolute atomic E-state index is 13.2. The SMILES string of the molecule is CC(=O)NC(=O)CCCCN1N=CC2=CC=CC(NCCOCCOCCC(=O)N3CCN(C(=O)OC(C)(C)C)CC3)C2C1=O. The Kier molecular flexibility index (Phi) is 14.2. The minimum atomic E-state index is -0.548. The third kappa shape index (κ3) is 12.4. The molecule has 250 valence electrons. The third-order valence-corrected chi connectivity index (χ3v) is 7.27. The van der Waals surface area contributed by atoms with E-state index in [2.05, 4.69) is 15.7 Å². The van der Waals surface area contributed by atoms with Gasteiger partial charge >= 0.3 is 6.09 Å². The number of nitrogens with zero attached hydrogens (tertiary/aromatic N) is 4. The fourth-order valence-corrected chi connectivity index (χ4v) is 5.04. The number of rotatable bonds is 15. The van der Waals surface area contributed by atoms with Crippen LogP contribution >= 0.6 is 0 Å². The first-order valence-electron chi connectivity index (χ1n) is 15.6. The highest BCUT2D eigenvalue weighted by Gasteiger charge is 2.36. The summed E-state index contributed by atoms with van der Waals surface area (Å²) in [5.41, 5.74) is 0.291. The van der Waals surface area contributed by atoms with Crippen molar-refractivity contribution in [1.29, 1.82) is 0 Å². The van der Waals surface area contributed by atoms with Crippen LogP contribution in [0, 0.1) is 5.92 Å². The van der Waals surface area contributed by atoms with Gasteiger partial charge in [-0.2, -0.15) is 5.10 Å². The van der Waals surface area contributed by atoms with Gasteiger partial charge in [-0.15, -0.1) is 0 Å². The lowest BCUT2D eigenvalue weighted by molar-refractivity contribution is -0.135. The standard InChI is InChI=1S/C31H48N6O8/c1-23(38)34-26(39)10-5-6-13-37-29(41)28-24(22-33-37)8-7-9-25(28)32-12-19-44-21-20-43-18-11-27(40)35-14-16-36(17-15-35)30(42)45-31(2,3)4/h7-9,22,25,28,32H,5-6,10-21H2,1-4H3,(H,34,38,39). The van der Waals surface area contributed by atoms with Crippen molar-refractivity contribution in [2.24, 2.45) is 11.0 Å². The monoisotopic (exact) mass is 632 g/mol. The first-order chi connectivity index (χ1) is 21.4. The van der Waals surface area contributed by atoms with E-state index in [1.807, 2.05) is 39.0 Å². The van der Waals surface area contributed by atoms with Crippen LogP contribution in [0.25, 0.3) is 0 Å². The number of hydrogen-bond acceptors (Lipinski definition) is 10. The van der Waals surface area contributed by atoms with E-state index in [9.17, 15) is 24.0 Å². The highest BCUT2D eigenvalue weighted by molar-refractivity contribution is 5.97. The molecule has 2 atom stereocenters. The summed E-state index contributed by atoms with van der Waals surface area (Å²) in [6.45, 7) is 11.0. The van der Waals surface area contributed by atoms with Crippen molar-refractivity contribution in [1.82, 2.24) is 25.4 Å². The predicted octanol–water partition coefficient (Wildman–Crippen LogP) is 1.22. The number of imide groups is 1. The molecule has 1 fully saturated rings. The quantitative estimate of drug-likeness (QED) is 0.253. The molecular weight excluding hydrogens is 584 g/mol. The van der Waals surface area contributed by atoms with Crippen molar-refractivity contribution in [2.75, 3.05) is 65.7 Å². The number of piperazine rings is 1. The Balaban J connectivity index is 1.24. The van der Waals surface area contributed by atoms with Gasteiger partial charge in [0.2, 0.25) is 17.7 Å². The number of ether oxygens (including phenoxy) is 3. The zero-order valence-corrected chi connectivity index (χ0v) is 26.9. The van der Waals surface area contributed by atoms with Crippen LogP contribution in [0.3, 0.4) is 0 Å². The Morgan fingerprint density at radius 3 is 2.33 bits per heavy atom. The van der Waals surface area contributed by atoms with Gasteiger partial charge in [0, 0.05) is 58.7 Å². The van der Waals surface area contributed by atoms with E-state index in [1.54, 1.807) is 16.0 Å². The molecule has 14 nitrogen and oxygen atoms in total. The summed E-state index contributed by atoms with van der Waals surface area (Å²) in [6.07, 6.45) is 8.70. The molecule has 45 heavy (non-hydrogen) atoms. The number of hydrogen-bond donors (Lipinski definition) is 2. The molecule has 0 radical (unpaired) electrons. The Morgan fingerprint density at radius 2 is 1.64 bits per heavy atom. The molecule has 0 bridgehead atoms. The van der Waals surface area contributed by atoms with Gasteiger partial charge in [0.1, 0.15) is 5.60 Å². The van der Waals surface area contributed by atoms with Crippen LogP contribution in [0.5, 0.6) is 0 Å². The van der Waals surface area contributed by atoms with Crippen LogP contribution in [-0.4, -0.2) is 128 Å². The van der Waals surface area contributed by atoms with E-state index in [-0.39, 0.29) is 48.6 Å². The average Bonchev–Trinajstić information content (AvgIpc) is 2.98. The van der Waals surface area contributed by atoms with Crippen LogP contribution < -0.4 is 10.6 Å². The van der Waals surface area contributed by atoms with Crippen molar-refractivity contribution in [3.8, 4) is 0 Å². The van der Waals surface area contributed by atoms with Crippen LogP contribution in [0.1, 0.15) is 53.4 Å². The van der Waals surface area contributed by atoms with E-state index in [0.717, 1.165) is 5.57 Å². The minimum Gasteiger partial charge on any atom is -0.444 e. The van der Waals surface area contributed by atoms with Crippen molar-refractivity contribution in [2.45, 2.75) is 65.0 Å². The number of allylic oxidation sites excluding steroid dienone is 2. The van der Waals surface area contributed by atoms with Gasteiger partial charge in [0.05, 0.1) is 45.0 Å². The fourth-order valence-electron chi connectivity index (χ4n) is 5.04. The highest BCUT2D eigenvalue weighted by atomic mass is 16.6. The van der Waals surface area contributed by atoms with E-state index in [0.29, 0.717) is 78.5 Å². The van der Waals surface area contributed by atoms with E-state index < -0.39 is 11.5 Å². The summed E-state index contributed by atoms with van der Waals surface area (Å²) < 4.78 is 16.6. The zero-order valence-electron chi connectivity index (χ0n) is 26.9. The van der Waals surface area contributed by atoms with Gasteiger partial charge in [-0.05, 0) is 39.2 Å². The van der Waals surface area contributed by atoms with Crippen molar-refractivity contribution in [3.63, 3.8) is 0 Å². The smallest absolute Gasteiger partial charge is 0.410 e. The lowest BCUT2D eigenvalue weighted by atomic mass is 9.85. The van der Waals surface area contributed by atoms with Crippen LogP contribution in [0.4, 0.5) is 4.79 Å². The second kappa shape index (κ2) is 17.8. The Hall–Kier alpha value is -3.62. The molecule has 14 heteroatoms. The molecule has 2 heterocycles. The Morgan fingerprint density at radius 1 is 0.956 bits per heavy atom. The molecule has 2 N–H and O–H groups in total. The van der Waals surface area contributed by atoms with Gasteiger partial charge in [0.15, 0.2) is 0 Å². The molecule has 1 aliphatic carbocycles. The van der Waals surface area contributed by atoms with E-state index >= 15 is 0 Å². The van der Waals surface area contributed by atoms with Crippen molar-refractivity contribution >= 4 is 35.9 Å². The van der Waals surface area contributed by atoms with Crippen molar-refractivity contribution in [3.05, 3.63) is 23.8 Å². The lowest BCUT2D eigenvalue weighted by Gasteiger charge is -2.35. The largest absolute Gasteiger partial charge is 0.444 e. The number of carbonyl (C=O) groups excluding carboxylic acids is 5. The normalized spacial score (nSPS) is 19.7. The molecule has 5 amide bonds. The van der Waals surface area contributed by atoms with Crippen molar-refractivity contribution < 1.29 is 38.2 Å². The molecule has 1 saturated heterocycles. The number of hydrazone groups is 1. The summed E-state index contributed by atoms with van der Waals surface area (Å²) in [7, 11) is 0. The van der Waals surface area contributed by atoms with E-state index in [1.165, 1.54) is 11.9 Å². The lowest BCUT2D eigenvalue weighted by Crippen LogP contribution is -2.51. The third-order valence-electron chi connectivity index (χ3n) is 7.27. The molecule has 3 rings (SSSR count). The first-order valence-corrected chi connectivity index (χ1v) is 15.6. The van der Waals surface area contributed by atoms with Crippen LogP contribution in [0.2, 0.25) is 0 Å². The van der Waals surface area contributed by atoms with E-state index in [4.69, 9.17) is 14.2 Å². The average molecular weight is 633 g/mol. The molecule has 2 aliphatic heterocycles. The molecule has 3 aliphatic rings. The summed E-state index contributed by atoms with van der Waals surface area (Å²) >= 11 is 0. The number of nitrogens with one attached hydrogen (secondary N) is 2. The fraction of sp³-hybridized carbons (Fsp3) is 0.677. The van der Waals surface area contributed by atoms with Gasteiger partial charge in [-0.25, -0.2) is 9.80 Å². The van der Waals surface area contributed by atoms with Gasteiger partial charge in [-0.1, -0.05) is 18.2 Å². The highest BCUT2D eigenvalue weighted by Crippen LogP contribution is 2.26. The summed E-state index contributed by atoms with van der Waals surface area (Å²) in [6, 6.07) is -0.204. The maximum atomic E-state index is 13.2. The van der Waals surface area contributed by atoms with Crippen LogP contribution in [-0.2, 0) is 33.4 Å². The second-order valence-electron chi connectivity index (χ2n) is 12.1. The molecular formula is C31H48N6O8. The maximum Gasteiger partial charge on any atom is 0.410 e. The van der Waals surface area contributed by atoms with Gasteiger partial charge in [-0.3, -0.25) is 24.5 Å². The molecule has 2 unspecified atom stereocenters. The minimum absolute atomic E-state index is 0.00384. The summed E-state index contributed by atoms with van der Waals surface area (Å²) in [4.78, 5) is 63.8. The Bertz CT molecular complexity index is 1140. The molecule has 0 aromatic carbocycles. The van der Waals surface area contributed by atoms with Crippen LogP contribution in [0.15, 0.2) is 28.9 Å². The first kappa shape index (κ1) is 35.9. The zero-order chi connectivity index (χ0) is 32.8. The second-order valence-corrected chi connectivity index (χ2v) is 12.1. The number of carbonyl (C=O) groups is 5. The topological polar surface area (TPSA) is 159 Å². The van der Waals surface area contributed by atoms with Gasteiger partial charge < -0.3 is 29.3 Å². The number of fused-ring (bicyclic) bond motifs is 1. The molecule has 0 spiro atoms. The number of unbranched alkanes of at least 4 members (excludes halogenated alkanes) is 1. The van der Waals surface area contributed by atoms with Gasteiger partial charge in [0.25, 0.3) is 5.91 Å². The molecule has 0 aromatic rings. The summed E-state index contributed by atoms with van der Waals surface area (Å²) in [5, 5.41) is 11.4. The number of amides is 5. The molecule has 0 aromatic heterocycles. The predicted molar refractivity (Wildman–Crippen MR) is 166 cm³/mol. The summed E-state index contributed by atoms with van der Waals surface area (Å²) in [5.74, 6) is -1.21. The molecule has 0 saturated carbocycles. The Labute approximate surface area is 265 Å².